The van der Waals surface area contributed by atoms with Gasteiger partial charge in [0.25, 0.3) is 5.91 Å². The lowest BCUT2D eigenvalue weighted by atomic mass is 9.84. The Kier molecular flexibility index (Phi) is 7.33. The minimum atomic E-state index is -0.804. The molecule has 1 amide bonds. The normalized spacial score (nSPS) is 17.9. The van der Waals surface area contributed by atoms with Gasteiger partial charge in [0.15, 0.2) is 0 Å². The van der Waals surface area contributed by atoms with Crippen molar-refractivity contribution in [1.82, 2.24) is 14.8 Å². The first kappa shape index (κ1) is 25.5. The number of likely N-dealkylation sites (tertiary alicyclic amines) is 1. The van der Waals surface area contributed by atoms with Crippen LogP contribution in [-0.4, -0.2) is 59.5 Å². The fourth-order valence-corrected chi connectivity index (χ4v) is 5.32. The summed E-state index contributed by atoms with van der Waals surface area (Å²) in [6.45, 7) is 2.55. The number of halogens is 1. The van der Waals surface area contributed by atoms with Crippen molar-refractivity contribution in [3.05, 3.63) is 94.1 Å². The Bertz CT molecular complexity index is 1310. The topological polar surface area (TPSA) is 65.9 Å². The molecular formula is C30H32ClN3O3. The van der Waals surface area contributed by atoms with Crippen LogP contribution >= 0.6 is 11.6 Å². The summed E-state index contributed by atoms with van der Waals surface area (Å²) in [6, 6.07) is 17.1. The van der Waals surface area contributed by atoms with Crippen molar-refractivity contribution < 1.29 is 14.6 Å². The highest BCUT2D eigenvalue weighted by Gasteiger charge is 2.33. The second-order valence-corrected chi connectivity index (χ2v) is 10.5. The molecule has 3 heterocycles. The molecule has 0 saturated carbocycles. The van der Waals surface area contributed by atoms with Crippen LogP contribution in [0.15, 0.2) is 66.9 Å². The number of carbonyl (C=O) groups is 1. The molecular weight excluding hydrogens is 486 g/mol. The first-order chi connectivity index (χ1) is 17.8. The third kappa shape index (κ3) is 5.42. The molecule has 1 N–H and O–H groups in total. The molecule has 0 bridgehead atoms. The molecule has 0 atom stereocenters. The lowest BCUT2D eigenvalue weighted by Gasteiger charge is -2.38. The zero-order chi connectivity index (χ0) is 26.0. The van der Waals surface area contributed by atoms with E-state index in [0.717, 1.165) is 48.3 Å². The number of pyridine rings is 1. The maximum atomic E-state index is 12.9. The molecule has 0 aliphatic carbocycles. The van der Waals surface area contributed by atoms with Crippen LogP contribution in [0.5, 0.6) is 11.6 Å². The summed E-state index contributed by atoms with van der Waals surface area (Å²) in [7, 11) is 3.53. The molecule has 0 spiro atoms. The zero-order valence-corrected chi connectivity index (χ0v) is 22.0. The summed E-state index contributed by atoms with van der Waals surface area (Å²) in [6.07, 6.45) is 6.80. The fraction of sp³-hybridized carbons (Fsp3) is 0.333. The number of aliphatic hydroxyl groups is 1. The molecule has 6 nitrogen and oxygen atoms in total. The van der Waals surface area contributed by atoms with Crippen LogP contribution < -0.4 is 4.74 Å². The van der Waals surface area contributed by atoms with Crippen molar-refractivity contribution in [3.63, 3.8) is 0 Å². The summed E-state index contributed by atoms with van der Waals surface area (Å²) in [5, 5.41) is 11.9. The predicted octanol–water partition coefficient (Wildman–Crippen LogP) is 5.54. The Labute approximate surface area is 223 Å². The van der Waals surface area contributed by atoms with Gasteiger partial charge in [0.05, 0.1) is 5.60 Å². The number of fused-ring (bicyclic) bond motifs is 2. The van der Waals surface area contributed by atoms with Crippen molar-refractivity contribution in [2.45, 2.75) is 31.3 Å². The van der Waals surface area contributed by atoms with Crippen LogP contribution in [0.1, 0.15) is 46.3 Å². The van der Waals surface area contributed by atoms with Gasteiger partial charge in [0.1, 0.15) is 5.75 Å². The molecule has 7 heteroatoms. The Hall–Kier alpha value is -3.19. The highest BCUT2D eigenvalue weighted by molar-refractivity contribution is 6.30. The van der Waals surface area contributed by atoms with Crippen LogP contribution in [-0.2, 0) is 12.0 Å². The molecule has 0 unspecified atom stereocenters. The molecule has 0 radical (unpaired) electrons. The number of rotatable bonds is 5. The van der Waals surface area contributed by atoms with Gasteiger partial charge < -0.3 is 19.6 Å². The Balaban J connectivity index is 1.32. The van der Waals surface area contributed by atoms with E-state index < -0.39 is 5.60 Å². The zero-order valence-electron chi connectivity index (χ0n) is 21.3. The fourth-order valence-electron chi connectivity index (χ4n) is 5.19. The standard InChI is InChI=1S/C30H32ClN3O3/c1-33(2)29(35)25-7-3-9-27-26(25)20-21(24-8-4-16-32-28(24)37-27)6-5-17-34-18-14-30(36,15-19-34)22-10-12-23(31)13-11-22/h3-4,6-13,16,36H,5,14-15,17-20H2,1-2H3. The molecule has 2 aliphatic heterocycles. The number of hydrogen-bond acceptors (Lipinski definition) is 5. The quantitative estimate of drug-likeness (QED) is 0.481. The van der Waals surface area contributed by atoms with E-state index in [9.17, 15) is 9.90 Å². The predicted molar refractivity (Wildman–Crippen MR) is 146 cm³/mol. The number of hydrogen-bond donors (Lipinski definition) is 1. The van der Waals surface area contributed by atoms with Gasteiger partial charge in [-0.25, -0.2) is 4.98 Å². The van der Waals surface area contributed by atoms with Crippen molar-refractivity contribution in [2.24, 2.45) is 0 Å². The Morgan fingerprint density at radius 1 is 1.14 bits per heavy atom. The lowest BCUT2D eigenvalue weighted by Crippen LogP contribution is -2.42. The monoisotopic (exact) mass is 517 g/mol. The van der Waals surface area contributed by atoms with E-state index in [4.69, 9.17) is 16.3 Å². The van der Waals surface area contributed by atoms with Crippen LogP contribution in [0.25, 0.3) is 5.57 Å². The maximum Gasteiger partial charge on any atom is 0.253 e. The highest BCUT2D eigenvalue weighted by atomic mass is 35.5. The van der Waals surface area contributed by atoms with Gasteiger partial charge >= 0.3 is 0 Å². The van der Waals surface area contributed by atoms with Crippen LogP contribution in [0, 0.1) is 0 Å². The molecule has 2 aliphatic rings. The number of benzene rings is 2. The summed E-state index contributed by atoms with van der Waals surface area (Å²) in [4.78, 5) is 21.4. The summed E-state index contributed by atoms with van der Waals surface area (Å²) >= 11 is 6.02. The van der Waals surface area contributed by atoms with Crippen molar-refractivity contribution in [3.8, 4) is 11.6 Å². The summed E-state index contributed by atoms with van der Waals surface area (Å²) < 4.78 is 6.20. The van der Waals surface area contributed by atoms with Gasteiger partial charge in [-0.2, -0.15) is 0 Å². The number of piperidine rings is 1. The molecule has 5 rings (SSSR count). The second kappa shape index (κ2) is 10.7. The molecule has 37 heavy (non-hydrogen) atoms. The van der Waals surface area contributed by atoms with E-state index >= 15 is 0 Å². The molecule has 1 aromatic heterocycles. The number of nitrogens with zero attached hydrogens (tertiary/aromatic N) is 3. The molecule has 3 aromatic rings. The Morgan fingerprint density at radius 2 is 1.89 bits per heavy atom. The molecule has 1 saturated heterocycles. The van der Waals surface area contributed by atoms with Gasteiger partial charge in [-0.05, 0) is 66.8 Å². The van der Waals surface area contributed by atoms with Gasteiger partial charge in [0.2, 0.25) is 5.88 Å². The largest absolute Gasteiger partial charge is 0.438 e. The van der Waals surface area contributed by atoms with E-state index in [1.54, 1.807) is 25.2 Å². The number of amides is 1. The average molecular weight is 518 g/mol. The minimum absolute atomic E-state index is 0.0415. The van der Waals surface area contributed by atoms with Crippen LogP contribution in [0.4, 0.5) is 0 Å². The number of aromatic nitrogens is 1. The third-order valence-electron chi connectivity index (χ3n) is 7.36. The van der Waals surface area contributed by atoms with Crippen molar-refractivity contribution in [2.75, 3.05) is 33.7 Å². The van der Waals surface area contributed by atoms with E-state index in [1.165, 1.54) is 0 Å². The van der Waals surface area contributed by atoms with E-state index in [2.05, 4.69) is 16.0 Å². The third-order valence-corrected chi connectivity index (χ3v) is 7.61. The molecule has 2 aromatic carbocycles. The van der Waals surface area contributed by atoms with Gasteiger partial charge in [0, 0.05) is 68.1 Å². The second-order valence-electron chi connectivity index (χ2n) is 10.0. The smallest absolute Gasteiger partial charge is 0.253 e. The SMILES string of the molecule is CN(C)C(=O)c1cccc2c1CC(=CCCN1CCC(O)(c3ccc(Cl)cc3)CC1)c1cccnc1O2. The van der Waals surface area contributed by atoms with Crippen molar-refractivity contribution in [1.29, 1.82) is 0 Å². The maximum absolute atomic E-state index is 12.9. The van der Waals surface area contributed by atoms with E-state index in [1.807, 2.05) is 54.6 Å². The minimum Gasteiger partial charge on any atom is -0.438 e. The van der Waals surface area contributed by atoms with Crippen LogP contribution in [0.2, 0.25) is 5.02 Å². The van der Waals surface area contributed by atoms with E-state index in [-0.39, 0.29) is 5.91 Å². The van der Waals surface area contributed by atoms with Crippen molar-refractivity contribution >= 4 is 23.1 Å². The van der Waals surface area contributed by atoms with E-state index in [0.29, 0.717) is 41.5 Å². The van der Waals surface area contributed by atoms with Gasteiger partial charge in [-0.1, -0.05) is 35.9 Å². The first-order valence-corrected chi connectivity index (χ1v) is 13.1. The summed E-state index contributed by atoms with van der Waals surface area (Å²) in [5.74, 6) is 1.20. The van der Waals surface area contributed by atoms with Crippen LogP contribution in [0.3, 0.4) is 0 Å². The van der Waals surface area contributed by atoms with Gasteiger partial charge in [-0.3, -0.25) is 4.79 Å². The summed E-state index contributed by atoms with van der Waals surface area (Å²) in [5.41, 5.74) is 3.73. The molecule has 1 fully saturated rings. The van der Waals surface area contributed by atoms with Gasteiger partial charge in [-0.15, -0.1) is 0 Å². The average Bonchev–Trinajstić information content (AvgIpc) is 3.06. The number of carbonyl (C=O) groups excluding carboxylic acids is 1. The lowest BCUT2D eigenvalue weighted by molar-refractivity contribution is -0.0254. The molecule has 192 valence electrons. The highest BCUT2D eigenvalue weighted by Crippen LogP contribution is 2.39. The first-order valence-electron chi connectivity index (χ1n) is 12.7. The Morgan fingerprint density at radius 3 is 2.62 bits per heavy atom. The number of ether oxygens (including phenoxy) is 1. The number of allylic oxidation sites excluding steroid dienone is 1.